The molecular formula is C15H12ClF3N4O3S. The lowest BCUT2D eigenvalue weighted by Gasteiger charge is -2.11. The molecule has 144 valence electrons. The van der Waals surface area contributed by atoms with Gasteiger partial charge in [-0.2, -0.15) is 13.2 Å². The first-order valence-electron chi connectivity index (χ1n) is 7.62. The molecule has 0 spiro atoms. The number of aromatic amines is 1. The van der Waals surface area contributed by atoms with Crippen LogP contribution < -0.4 is 17.0 Å². The number of alkyl halides is 3. The minimum atomic E-state index is -4.59. The molecule has 3 rings (SSSR count). The van der Waals surface area contributed by atoms with Crippen LogP contribution in [0.2, 0.25) is 5.02 Å². The number of anilines is 1. The van der Waals surface area contributed by atoms with Crippen LogP contribution in [0.3, 0.4) is 0 Å². The molecule has 1 aliphatic rings. The van der Waals surface area contributed by atoms with E-state index < -0.39 is 28.8 Å². The zero-order chi connectivity index (χ0) is 19.9. The third-order valence-electron chi connectivity index (χ3n) is 3.85. The molecule has 0 saturated heterocycles. The van der Waals surface area contributed by atoms with Gasteiger partial charge in [-0.25, -0.2) is 9.78 Å². The van der Waals surface area contributed by atoms with Gasteiger partial charge in [-0.15, -0.1) is 0 Å². The summed E-state index contributed by atoms with van der Waals surface area (Å²) < 4.78 is 39.0. The van der Waals surface area contributed by atoms with Crippen molar-refractivity contribution in [3.63, 3.8) is 0 Å². The number of aromatic nitrogens is 3. The van der Waals surface area contributed by atoms with Crippen molar-refractivity contribution in [3.8, 4) is 0 Å². The Morgan fingerprint density at radius 2 is 2.07 bits per heavy atom. The SMILES string of the molecule is Nc1c(C(=O)CSc2ncc(C(F)(F)F)cc2Cl)c(=O)[nH]c(=O)n1C1CC1. The summed E-state index contributed by atoms with van der Waals surface area (Å²) in [5, 5.41) is -0.268. The standard InChI is InChI=1S/C15H12ClF3N4O3S/c16-8-3-6(15(17,18)19)4-21-13(8)27-5-9(24)10-11(20)23(7-1-2-7)14(26)22-12(10)25/h3-4,7H,1-2,5,20H2,(H,22,25,26). The van der Waals surface area contributed by atoms with Gasteiger partial charge in [0, 0.05) is 12.2 Å². The van der Waals surface area contributed by atoms with Gasteiger partial charge in [0.2, 0.25) is 0 Å². The molecule has 2 heterocycles. The predicted molar refractivity (Wildman–Crippen MR) is 93.3 cm³/mol. The number of rotatable bonds is 5. The quantitative estimate of drug-likeness (QED) is 0.568. The predicted octanol–water partition coefficient (Wildman–Crippen LogP) is 2.50. The van der Waals surface area contributed by atoms with Crippen molar-refractivity contribution in [2.24, 2.45) is 0 Å². The number of hydrogen-bond acceptors (Lipinski definition) is 6. The number of pyridine rings is 1. The number of halogens is 4. The summed E-state index contributed by atoms with van der Waals surface area (Å²) >= 11 is 6.56. The van der Waals surface area contributed by atoms with Crippen LogP contribution in [0.4, 0.5) is 19.0 Å². The summed E-state index contributed by atoms with van der Waals surface area (Å²) in [5.41, 5.74) is 2.87. The Morgan fingerprint density at radius 3 is 2.63 bits per heavy atom. The van der Waals surface area contributed by atoms with Crippen LogP contribution in [0, 0.1) is 0 Å². The monoisotopic (exact) mass is 420 g/mol. The molecule has 1 fully saturated rings. The Morgan fingerprint density at radius 1 is 1.41 bits per heavy atom. The van der Waals surface area contributed by atoms with Crippen LogP contribution in [0.25, 0.3) is 0 Å². The van der Waals surface area contributed by atoms with Gasteiger partial charge >= 0.3 is 11.9 Å². The summed E-state index contributed by atoms with van der Waals surface area (Å²) in [6.45, 7) is 0. The largest absolute Gasteiger partial charge is 0.417 e. The number of Topliss-reactive ketones (excluding diaryl/α,β-unsaturated/α-hetero) is 1. The average Bonchev–Trinajstić information content (AvgIpc) is 3.37. The maximum atomic E-state index is 12.6. The number of H-pyrrole nitrogens is 1. The lowest BCUT2D eigenvalue weighted by Crippen LogP contribution is -2.36. The second-order valence-electron chi connectivity index (χ2n) is 5.84. The fourth-order valence-electron chi connectivity index (χ4n) is 2.42. The number of hydrogen-bond donors (Lipinski definition) is 2. The normalized spacial score (nSPS) is 14.4. The number of carbonyl (C=O) groups is 1. The van der Waals surface area contributed by atoms with Gasteiger partial charge in [0.05, 0.1) is 16.3 Å². The van der Waals surface area contributed by atoms with E-state index in [4.69, 9.17) is 17.3 Å². The third kappa shape index (κ3) is 4.03. The molecule has 0 amide bonds. The first-order valence-corrected chi connectivity index (χ1v) is 8.99. The first-order chi connectivity index (χ1) is 12.6. The Hall–Kier alpha value is -2.27. The second kappa shape index (κ2) is 7.04. The van der Waals surface area contributed by atoms with Gasteiger partial charge in [0.1, 0.15) is 16.4 Å². The number of nitrogen functional groups attached to an aromatic ring is 1. The van der Waals surface area contributed by atoms with Crippen LogP contribution >= 0.6 is 23.4 Å². The van der Waals surface area contributed by atoms with Crippen LogP contribution in [-0.2, 0) is 6.18 Å². The topological polar surface area (TPSA) is 111 Å². The molecule has 3 N–H and O–H groups in total. The Labute approximate surface area is 158 Å². The molecular weight excluding hydrogens is 409 g/mol. The lowest BCUT2D eigenvalue weighted by molar-refractivity contribution is -0.137. The van der Waals surface area contributed by atoms with Crippen LogP contribution in [0.15, 0.2) is 26.9 Å². The van der Waals surface area contributed by atoms with Crippen molar-refractivity contribution >= 4 is 35.0 Å². The number of ketones is 1. The number of nitrogens with two attached hydrogens (primary N) is 1. The number of carbonyl (C=O) groups excluding carboxylic acids is 1. The van der Waals surface area contributed by atoms with E-state index in [0.29, 0.717) is 25.1 Å². The summed E-state index contributed by atoms with van der Waals surface area (Å²) in [5.74, 6) is -1.25. The minimum Gasteiger partial charge on any atom is -0.384 e. The van der Waals surface area contributed by atoms with Gasteiger partial charge in [-0.1, -0.05) is 23.4 Å². The Kier molecular flexibility index (Phi) is 5.08. The van der Waals surface area contributed by atoms with E-state index in [1.165, 1.54) is 4.57 Å². The van der Waals surface area contributed by atoms with E-state index in [0.717, 1.165) is 11.8 Å². The number of nitrogens with one attached hydrogen (secondary N) is 1. The summed E-state index contributed by atoms with van der Waals surface area (Å²) in [6.07, 6.45) is -2.56. The molecule has 0 bridgehead atoms. The molecule has 2 aromatic rings. The lowest BCUT2D eigenvalue weighted by atomic mass is 10.2. The van der Waals surface area contributed by atoms with Gasteiger partial charge in [0.15, 0.2) is 5.78 Å². The average molecular weight is 421 g/mol. The summed E-state index contributed by atoms with van der Waals surface area (Å²) in [6, 6.07) is 0.551. The smallest absolute Gasteiger partial charge is 0.384 e. The molecule has 0 aromatic carbocycles. The van der Waals surface area contributed by atoms with Crippen molar-refractivity contribution < 1.29 is 18.0 Å². The molecule has 12 heteroatoms. The highest BCUT2D eigenvalue weighted by atomic mass is 35.5. The fourth-order valence-corrected chi connectivity index (χ4v) is 3.49. The van der Waals surface area contributed by atoms with Crippen molar-refractivity contribution in [2.75, 3.05) is 11.5 Å². The van der Waals surface area contributed by atoms with Crippen LogP contribution in [0.5, 0.6) is 0 Å². The zero-order valence-electron chi connectivity index (χ0n) is 13.5. The molecule has 1 saturated carbocycles. The molecule has 27 heavy (non-hydrogen) atoms. The van der Waals surface area contributed by atoms with E-state index in [9.17, 15) is 27.6 Å². The maximum Gasteiger partial charge on any atom is 0.417 e. The first kappa shape index (κ1) is 19.5. The van der Waals surface area contributed by atoms with E-state index in [1.54, 1.807) is 0 Å². The maximum absolute atomic E-state index is 12.6. The molecule has 0 radical (unpaired) electrons. The van der Waals surface area contributed by atoms with Gasteiger partial charge in [-0.3, -0.25) is 19.1 Å². The van der Waals surface area contributed by atoms with Crippen molar-refractivity contribution in [1.82, 2.24) is 14.5 Å². The second-order valence-corrected chi connectivity index (χ2v) is 7.21. The number of thioether (sulfide) groups is 1. The third-order valence-corrected chi connectivity index (χ3v) is 5.25. The highest BCUT2D eigenvalue weighted by Gasteiger charge is 2.32. The molecule has 0 unspecified atom stereocenters. The highest BCUT2D eigenvalue weighted by molar-refractivity contribution is 8.00. The van der Waals surface area contributed by atoms with Crippen molar-refractivity contribution in [1.29, 1.82) is 0 Å². The zero-order valence-corrected chi connectivity index (χ0v) is 15.0. The van der Waals surface area contributed by atoms with E-state index in [2.05, 4.69) is 9.97 Å². The van der Waals surface area contributed by atoms with Crippen LogP contribution in [0.1, 0.15) is 34.8 Å². The van der Waals surface area contributed by atoms with Crippen molar-refractivity contribution in [3.05, 3.63) is 49.3 Å². The molecule has 2 aromatic heterocycles. The Bertz CT molecular complexity index is 1030. The van der Waals surface area contributed by atoms with E-state index in [-0.39, 0.29) is 33.2 Å². The number of nitrogens with zero attached hydrogens (tertiary/aromatic N) is 2. The van der Waals surface area contributed by atoms with Crippen molar-refractivity contribution in [2.45, 2.75) is 30.1 Å². The molecule has 1 aliphatic carbocycles. The summed E-state index contributed by atoms with van der Waals surface area (Å²) in [7, 11) is 0. The molecule has 0 aliphatic heterocycles. The van der Waals surface area contributed by atoms with Gasteiger partial charge < -0.3 is 5.73 Å². The van der Waals surface area contributed by atoms with Gasteiger partial charge in [0.25, 0.3) is 5.56 Å². The van der Waals surface area contributed by atoms with E-state index >= 15 is 0 Å². The minimum absolute atomic E-state index is 0.00327. The molecule has 7 nitrogen and oxygen atoms in total. The van der Waals surface area contributed by atoms with Crippen LogP contribution in [-0.4, -0.2) is 26.1 Å². The fraction of sp³-hybridized carbons (Fsp3) is 0.333. The Balaban J connectivity index is 1.82. The summed E-state index contributed by atoms with van der Waals surface area (Å²) in [4.78, 5) is 41.9. The highest BCUT2D eigenvalue weighted by Crippen LogP contribution is 2.36. The van der Waals surface area contributed by atoms with E-state index in [1.807, 2.05) is 0 Å². The molecule has 0 atom stereocenters. The van der Waals surface area contributed by atoms with Gasteiger partial charge in [-0.05, 0) is 18.9 Å².